The molecule has 1 aliphatic heterocycles. The maximum atomic E-state index is 12.0. The molecule has 0 aliphatic carbocycles. The van der Waals surface area contributed by atoms with Crippen LogP contribution in [0, 0.1) is 0 Å². The quantitative estimate of drug-likeness (QED) is 0.727. The van der Waals surface area contributed by atoms with Crippen LogP contribution in [-0.4, -0.2) is 39.7 Å². The van der Waals surface area contributed by atoms with Crippen molar-refractivity contribution in [2.75, 3.05) is 0 Å². The van der Waals surface area contributed by atoms with Gasteiger partial charge in [-0.25, -0.2) is 14.6 Å². The van der Waals surface area contributed by atoms with Gasteiger partial charge in [-0.1, -0.05) is 13.3 Å². The maximum absolute atomic E-state index is 12.0. The number of rotatable bonds is 4. The number of carboxylic acids is 1. The Morgan fingerprint density at radius 2 is 1.84 bits per heavy atom. The highest BCUT2D eigenvalue weighted by Crippen LogP contribution is 2.20. The predicted molar refractivity (Wildman–Crippen MR) is 72.6 cm³/mol. The van der Waals surface area contributed by atoms with Crippen LogP contribution in [0.15, 0.2) is 0 Å². The predicted octanol–water partition coefficient (Wildman–Crippen LogP) is 1.72. The molecule has 3 atom stereocenters. The van der Waals surface area contributed by atoms with Gasteiger partial charge in [0.15, 0.2) is 0 Å². The molecule has 2 amide bonds. The smallest absolute Gasteiger partial charge is 0.330 e. The molecular weight excluding hydrogens is 246 g/mol. The maximum Gasteiger partial charge on any atom is 0.330 e. The number of carbonyl (C=O) groups is 2. The number of carbonyl (C=O) groups excluding carboxylic acids is 1. The van der Waals surface area contributed by atoms with Crippen molar-refractivity contribution in [2.24, 2.45) is 0 Å². The second-order valence-corrected chi connectivity index (χ2v) is 5.59. The fourth-order valence-electron chi connectivity index (χ4n) is 2.33. The highest BCUT2D eigenvalue weighted by Gasteiger charge is 2.34. The lowest BCUT2D eigenvalue weighted by molar-refractivity contribution is -0.143. The first kappa shape index (κ1) is 15.8. The lowest BCUT2D eigenvalue weighted by Gasteiger charge is -2.39. The average Bonchev–Trinajstić information content (AvgIpc) is 2.33. The summed E-state index contributed by atoms with van der Waals surface area (Å²) in [6.07, 6.45) is 3.56. The second kappa shape index (κ2) is 6.23. The van der Waals surface area contributed by atoms with Gasteiger partial charge in [0.25, 0.3) is 0 Å². The number of hydrogen-bond donors (Lipinski definition) is 3. The standard InChI is InChI=1S/C13H25N3O3/c1-5-13(4,11(17)18)14-12(19)15-16-9(2)7-6-8-10(16)3/h9-10H,5-8H2,1-4H3,(H,17,18)(H2,14,15,19). The minimum Gasteiger partial charge on any atom is -0.480 e. The Bertz CT molecular complexity index is 338. The normalized spacial score (nSPS) is 27.4. The highest BCUT2D eigenvalue weighted by molar-refractivity contribution is 5.85. The summed E-state index contributed by atoms with van der Waals surface area (Å²) in [6, 6.07) is 0.0896. The second-order valence-electron chi connectivity index (χ2n) is 5.59. The molecule has 0 aromatic carbocycles. The molecule has 19 heavy (non-hydrogen) atoms. The topological polar surface area (TPSA) is 81.7 Å². The summed E-state index contributed by atoms with van der Waals surface area (Å²) in [4.78, 5) is 23.1. The number of piperidine rings is 1. The van der Waals surface area contributed by atoms with E-state index in [9.17, 15) is 9.59 Å². The molecule has 1 heterocycles. The number of nitrogens with zero attached hydrogens (tertiary/aromatic N) is 1. The van der Waals surface area contributed by atoms with Gasteiger partial charge in [-0.3, -0.25) is 5.43 Å². The van der Waals surface area contributed by atoms with E-state index in [1.807, 2.05) is 5.01 Å². The van der Waals surface area contributed by atoms with Crippen molar-refractivity contribution in [3.8, 4) is 0 Å². The first-order chi connectivity index (χ1) is 8.80. The fourth-order valence-corrected chi connectivity index (χ4v) is 2.33. The van der Waals surface area contributed by atoms with E-state index in [-0.39, 0.29) is 12.1 Å². The molecule has 0 bridgehead atoms. The van der Waals surface area contributed by atoms with E-state index >= 15 is 0 Å². The van der Waals surface area contributed by atoms with Gasteiger partial charge in [0.05, 0.1) is 0 Å². The number of nitrogens with one attached hydrogen (secondary N) is 2. The molecular formula is C13H25N3O3. The van der Waals surface area contributed by atoms with E-state index in [1.54, 1.807) is 6.92 Å². The molecule has 1 fully saturated rings. The van der Waals surface area contributed by atoms with Gasteiger partial charge >= 0.3 is 12.0 Å². The molecule has 1 aliphatic rings. The summed E-state index contributed by atoms with van der Waals surface area (Å²) in [5.74, 6) is -1.02. The third-order valence-corrected chi connectivity index (χ3v) is 3.99. The molecule has 1 saturated heterocycles. The van der Waals surface area contributed by atoms with E-state index in [4.69, 9.17) is 5.11 Å². The molecule has 3 N–H and O–H groups in total. The monoisotopic (exact) mass is 271 g/mol. The minimum atomic E-state index is -1.23. The Hall–Kier alpha value is -1.30. The molecule has 6 nitrogen and oxygen atoms in total. The van der Waals surface area contributed by atoms with Crippen LogP contribution in [0.1, 0.15) is 53.4 Å². The first-order valence-electron chi connectivity index (χ1n) is 6.90. The molecule has 6 heteroatoms. The van der Waals surface area contributed by atoms with Crippen LogP contribution in [0.5, 0.6) is 0 Å². The highest BCUT2D eigenvalue weighted by atomic mass is 16.4. The van der Waals surface area contributed by atoms with Crippen molar-refractivity contribution >= 4 is 12.0 Å². The zero-order valence-corrected chi connectivity index (χ0v) is 12.2. The Kier molecular flexibility index (Phi) is 5.17. The van der Waals surface area contributed by atoms with Gasteiger partial charge in [-0.05, 0) is 40.0 Å². The Labute approximate surface area is 114 Å². The van der Waals surface area contributed by atoms with Gasteiger partial charge in [-0.15, -0.1) is 0 Å². The number of amides is 2. The number of carboxylic acid groups (broad SMARTS) is 1. The summed E-state index contributed by atoms with van der Waals surface area (Å²) < 4.78 is 0. The lowest BCUT2D eigenvalue weighted by Crippen LogP contribution is -2.61. The third-order valence-electron chi connectivity index (χ3n) is 3.99. The summed E-state index contributed by atoms with van der Waals surface area (Å²) in [6.45, 7) is 7.37. The van der Waals surface area contributed by atoms with Crippen LogP contribution < -0.4 is 10.7 Å². The molecule has 3 unspecified atom stereocenters. The largest absolute Gasteiger partial charge is 0.480 e. The summed E-state index contributed by atoms with van der Waals surface area (Å²) in [5, 5.41) is 13.6. The number of hydrazine groups is 1. The average molecular weight is 271 g/mol. The van der Waals surface area contributed by atoms with Crippen LogP contribution in [-0.2, 0) is 4.79 Å². The lowest BCUT2D eigenvalue weighted by atomic mass is 9.99. The Morgan fingerprint density at radius 3 is 2.26 bits per heavy atom. The van der Waals surface area contributed by atoms with Crippen molar-refractivity contribution in [3.05, 3.63) is 0 Å². The van der Waals surface area contributed by atoms with Crippen molar-refractivity contribution in [1.82, 2.24) is 15.8 Å². The van der Waals surface area contributed by atoms with Crippen LogP contribution in [0.3, 0.4) is 0 Å². The Morgan fingerprint density at radius 1 is 1.32 bits per heavy atom. The van der Waals surface area contributed by atoms with Crippen molar-refractivity contribution in [2.45, 2.75) is 71.0 Å². The Balaban J connectivity index is 2.61. The SMILES string of the molecule is CCC(C)(NC(=O)NN1C(C)CCCC1C)C(=O)O. The van der Waals surface area contributed by atoms with Crippen molar-refractivity contribution in [3.63, 3.8) is 0 Å². The zero-order chi connectivity index (χ0) is 14.6. The van der Waals surface area contributed by atoms with E-state index in [0.717, 1.165) is 19.3 Å². The van der Waals surface area contributed by atoms with E-state index < -0.39 is 17.5 Å². The van der Waals surface area contributed by atoms with Crippen LogP contribution in [0.4, 0.5) is 4.79 Å². The summed E-state index contributed by atoms with van der Waals surface area (Å²) >= 11 is 0. The fraction of sp³-hybridized carbons (Fsp3) is 0.846. The molecule has 0 aromatic heterocycles. The zero-order valence-electron chi connectivity index (χ0n) is 12.2. The van der Waals surface area contributed by atoms with E-state index in [1.165, 1.54) is 6.92 Å². The number of hydrogen-bond acceptors (Lipinski definition) is 3. The molecule has 0 aromatic rings. The molecule has 1 rings (SSSR count). The van der Waals surface area contributed by atoms with Gasteiger partial charge < -0.3 is 10.4 Å². The molecule has 0 spiro atoms. The minimum absolute atomic E-state index is 0.271. The van der Waals surface area contributed by atoms with Crippen LogP contribution in [0.2, 0.25) is 0 Å². The van der Waals surface area contributed by atoms with Crippen LogP contribution >= 0.6 is 0 Å². The van der Waals surface area contributed by atoms with Crippen molar-refractivity contribution < 1.29 is 14.7 Å². The number of urea groups is 1. The van der Waals surface area contributed by atoms with Gasteiger partial charge in [0.1, 0.15) is 5.54 Å². The van der Waals surface area contributed by atoms with Crippen LogP contribution in [0.25, 0.3) is 0 Å². The molecule has 0 radical (unpaired) electrons. The van der Waals surface area contributed by atoms with Gasteiger partial charge in [0, 0.05) is 12.1 Å². The molecule has 110 valence electrons. The summed E-state index contributed by atoms with van der Waals surface area (Å²) in [5.41, 5.74) is 1.55. The molecule has 0 saturated carbocycles. The van der Waals surface area contributed by atoms with E-state index in [0.29, 0.717) is 6.42 Å². The third kappa shape index (κ3) is 3.83. The first-order valence-corrected chi connectivity index (χ1v) is 6.90. The van der Waals surface area contributed by atoms with Crippen molar-refractivity contribution in [1.29, 1.82) is 0 Å². The van der Waals surface area contributed by atoms with E-state index in [2.05, 4.69) is 24.6 Å². The number of aliphatic carboxylic acids is 1. The van der Waals surface area contributed by atoms with Gasteiger partial charge in [-0.2, -0.15) is 0 Å². The van der Waals surface area contributed by atoms with Gasteiger partial charge in [0.2, 0.25) is 0 Å². The summed E-state index contributed by atoms with van der Waals surface area (Å²) in [7, 11) is 0.